The van der Waals surface area contributed by atoms with E-state index in [-0.39, 0.29) is 10.8 Å². The number of nitrogens with one attached hydrogen (secondary N) is 1. The lowest BCUT2D eigenvalue weighted by Crippen LogP contribution is -2.40. The molecule has 0 atom stereocenters. The highest BCUT2D eigenvalue weighted by Crippen LogP contribution is 2.44. The molecule has 0 bridgehead atoms. The minimum atomic E-state index is -4.05. The molecule has 0 radical (unpaired) electrons. The van der Waals surface area contributed by atoms with Gasteiger partial charge in [0.15, 0.2) is 0 Å². The smallest absolute Gasteiger partial charge is 0.265 e. The molecule has 0 unspecified atom stereocenters. The number of rotatable bonds is 4. The second-order valence-corrected chi connectivity index (χ2v) is 9.41. The van der Waals surface area contributed by atoms with Gasteiger partial charge < -0.3 is 5.32 Å². The Morgan fingerprint density at radius 1 is 0.968 bits per heavy atom. The maximum Gasteiger partial charge on any atom is 0.265 e. The summed E-state index contributed by atoms with van der Waals surface area (Å²) in [6.07, 6.45) is 0. The predicted octanol–water partition coefficient (Wildman–Crippen LogP) is 4.90. The maximum absolute atomic E-state index is 13.9. The Kier molecular flexibility index (Phi) is 5.26. The number of sulfonamides is 1. The molecule has 4 rings (SSSR count). The number of hydrogen-bond acceptors (Lipinski definition) is 3. The van der Waals surface area contributed by atoms with Crippen LogP contribution >= 0.6 is 0 Å². The van der Waals surface area contributed by atoms with Crippen LogP contribution in [0.5, 0.6) is 0 Å². The monoisotopic (exact) mass is 442 g/mol. The second-order valence-electron chi connectivity index (χ2n) is 7.58. The molecule has 0 aliphatic carbocycles. The highest BCUT2D eigenvalue weighted by Gasteiger charge is 2.36. The third-order valence-electron chi connectivity index (χ3n) is 5.22. The molecule has 0 fully saturated rings. The van der Waals surface area contributed by atoms with Crippen LogP contribution < -0.4 is 9.62 Å². The van der Waals surface area contributed by atoms with Crippen molar-refractivity contribution in [2.45, 2.75) is 24.7 Å². The topological polar surface area (TPSA) is 66.5 Å². The molecule has 1 N–H and O–H groups in total. The van der Waals surface area contributed by atoms with Crippen molar-refractivity contribution < 1.29 is 22.0 Å². The van der Waals surface area contributed by atoms with Gasteiger partial charge in [-0.05, 0) is 41.8 Å². The first kappa shape index (κ1) is 21.0. The van der Waals surface area contributed by atoms with Gasteiger partial charge in [0.2, 0.25) is 5.91 Å². The van der Waals surface area contributed by atoms with E-state index in [1.807, 2.05) is 26.0 Å². The number of fused-ring (bicyclic) bond motifs is 3. The van der Waals surface area contributed by atoms with Crippen molar-refractivity contribution in [3.05, 3.63) is 77.9 Å². The van der Waals surface area contributed by atoms with E-state index in [1.165, 1.54) is 12.1 Å². The highest BCUT2D eigenvalue weighted by molar-refractivity contribution is 7.93. The summed E-state index contributed by atoms with van der Waals surface area (Å²) in [5.41, 5.74) is 1.98. The van der Waals surface area contributed by atoms with Gasteiger partial charge in [-0.1, -0.05) is 44.2 Å². The zero-order valence-corrected chi connectivity index (χ0v) is 17.7. The SMILES string of the molecule is CC(C)c1ccc2c(c1)-c1ccccc1S(=O)(=O)N2CC(=O)Nc1c(F)cccc1F. The molecule has 1 amide bonds. The van der Waals surface area contributed by atoms with Crippen LogP contribution in [0.4, 0.5) is 20.2 Å². The van der Waals surface area contributed by atoms with Gasteiger partial charge in [-0.25, -0.2) is 17.2 Å². The molecule has 160 valence electrons. The van der Waals surface area contributed by atoms with Crippen molar-refractivity contribution in [1.82, 2.24) is 0 Å². The molecule has 0 saturated heterocycles. The standard InChI is InChI=1S/C23H20F2N2O3S/c1-14(2)15-10-11-20-17(12-15)16-6-3-4-9-21(16)31(29,30)27(20)13-22(28)26-23-18(24)7-5-8-19(23)25/h3-12,14H,13H2,1-2H3,(H,26,28). The zero-order valence-electron chi connectivity index (χ0n) is 16.9. The first-order valence-electron chi connectivity index (χ1n) is 9.70. The summed E-state index contributed by atoms with van der Waals surface area (Å²) in [4.78, 5) is 12.7. The van der Waals surface area contributed by atoms with Crippen LogP contribution in [-0.2, 0) is 14.8 Å². The highest BCUT2D eigenvalue weighted by atomic mass is 32.2. The number of para-hydroxylation sites is 1. The Labute approximate surface area is 179 Å². The van der Waals surface area contributed by atoms with Gasteiger partial charge >= 0.3 is 0 Å². The quantitative estimate of drug-likeness (QED) is 0.625. The molecule has 0 saturated carbocycles. The number of amides is 1. The largest absolute Gasteiger partial charge is 0.320 e. The number of carbonyl (C=O) groups is 1. The van der Waals surface area contributed by atoms with Crippen LogP contribution in [0.15, 0.2) is 65.6 Å². The van der Waals surface area contributed by atoms with Crippen LogP contribution in [0, 0.1) is 11.6 Å². The minimum Gasteiger partial charge on any atom is -0.320 e. The fourth-order valence-electron chi connectivity index (χ4n) is 3.61. The van der Waals surface area contributed by atoms with E-state index in [4.69, 9.17) is 0 Å². The number of anilines is 2. The summed E-state index contributed by atoms with van der Waals surface area (Å²) >= 11 is 0. The molecular formula is C23H20F2N2O3S. The van der Waals surface area contributed by atoms with Crippen molar-refractivity contribution in [2.24, 2.45) is 0 Å². The molecule has 3 aromatic rings. The third kappa shape index (κ3) is 3.67. The number of halogens is 2. The van der Waals surface area contributed by atoms with Gasteiger partial charge in [-0.15, -0.1) is 0 Å². The lowest BCUT2D eigenvalue weighted by Gasteiger charge is -2.32. The minimum absolute atomic E-state index is 0.0771. The Bertz CT molecular complexity index is 1270. The molecule has 0 spiro atoms. The van der Waals surface area contributed by atoms with Gasteiger partial charge in [0.05, 0.1) is 10.6 Å². The van der Waals surface area contributed by atoms with Gasteiger partial charge in [-0.3, -0.25) is 9.10 Å². The fraction of sp³-hybridized carbons (Fsp3) is 0.174. The zero-order chi connectivity index (χ0) is 22.3. The molecule has 0 aromatic heterocycles. The van der Waals surface area contributed by atoms with Crippen LogP contribution in [0.1, 0.15) is 25.3 Å². The maximum atomic E-state index is 13.9. The molecule has 1 aliphatic heterocycles. The van der Waals surface area contributed by atoms with E-state index in [1.54, 1.807) is 24.3 Å². The van der Waals surface area contributed by atoms with Gasteiger partial charge in [0, 0.05) is 11.1 Å². The van der Waals surface area contributed by atoms with Crippen molar-refractivity contribution >= 4 is 27.3 Å². The summed E-state index contributed by atoms with van der Waals surface area (Å²) < 4.78 is 55.4. The normalized spacial score (nSPS) is 14.2. The second kappa shape index (κ2) is 7.77. The van der Waals surface area contributed by atoms with Crippen molar-refractivity contribution in [2.75, 3.05) is 16.2 Å². The predicted molar refractivity (Wildman–Crippen MR) is 115 cm³/mol. The Morgan fingerprint density at radius 3 is 2.32 bits per heavy atom. The van der Waals surface area contributed by atoms with E-state index in [2.05, 4.69) is 5.32 Å². The average Bonchev–Trinajstić information content (AvgIpc) is 2.73. The molecule has 1 heterocycles. The molecule has 5 nitrogen and oxygen atoms in total. The molecular weight excluding hydrogens is 422 g/mol. The molecule has 1 aliphatic rings. The lowest BCUT2D eigenvalue weighted by atomic mass is 9.95. The fourth-order valence-corrected chi connectivity index (χ4v) is 5.25. The van der Waals surface area contributed by atoms with E-state index in [0.29, 0.717) is 16.8 Å². The summed E-state index contributed by atoms with van der Waals surface area (Å²) in [7, 11) is -4.05. The number of carbonyl (C=O) groups excluding carboxylic acids is 1. The molecule has 31 heavy (non-hydrogen) atoms. The summed E-state index contributed by atoms with van der Waals surface area (Å²) in [5.74, 6) is -2.52. The summed E-state index contributed by atoms with van der Waals surface area (Å²) in [6.45, 7) is 3.43. The molecule has 3 aromatic carbocycles. The van der Waals surface area contributed by atoms with Crippen LogP contribution in [0.2, 0.25) is 0 Å². The Hall–Kier alpha value is -3.26. The van der Waals surface area contributed by atoms with Crippen molar-refractivity contribution in [3.63, 3.8) is 0 Å². The van der Waals surface area contributed by atoms with Gasteiger partial charge in [0.25, 0.3) is 10.0 Å². The number of benzene rings is 3. The van der Waals surface area contributed by atoms with Crippen molar-refractivity contribution in [1.29, 1.82) is 0 Å². The molecule has 8 heteroatoms. The Balaban J connectivity index is 1.77. The lowest BCUT2D eigenvalue weighted by molar-refractivity contribution is -0.114. The van der Waals surface area contributed by atoms with Gasteiger partial charge in [-0.2, -0.15) is 0 Å². The Morgan fingerprint density at radius 2 is 1.65 bits per heavy atom. The average molecular weight is 442 g/mol. The van der Waals surface area contributed by atoms with E-state index in [0.717, 1.165) is 22.0 Å². The van der Waals surface area contributed by atoms with Crippen LogP contribution in [0.25, 0.3) is 11.1 Å². The van der Waals surface area contributed by atoms with Crippen molar-refractivity contribution in [3.8, 4) is 11.1 Å². The first-order valence-corrected chi connectivity index (χ1v) is 11.1. The van der Waals surface area contributed by atoms with E-state index < -0.39 is 39.8 Å². The first-order chi connectivity index (χ1) is 14.7. The summed E-state index contributed by atoms with van der Waals surface area (Å²) in [6, 6.07) is 15.2. The van der Waals surface area contributed by atoms with E-state index in [9.17, 15) is 22.0 Å². The third-order valence-corrected chi connectivity index (χ3v) is 7.03. The van der Waals surface area contributed by atoms with Crippen LogP contribution in [-0.4, -0.2) is 20.9 Å². The number of nitrogens with zero attached hydrogens (tertiary/aromatic N) is 1. The number of hydrogen-bond donors (Lipinski definition) is 1. The van der Waals surface area contributed by atoms with Gasteiger partial charge in [0.1, 0.15) is 23.9 Å². The van der Waals surface area contributed by atoms with E-state index >= 15 is 0 Å². The summed E-state index contributed by atoms with van der Waals surface area (Å²) in [5, 5.41) is 2.15. The van der Waals surface area contributed by atoms with Crippen LogP contribution in [0.3, 0.4) is 0 Å².